The number of methoxy groups -OCH3 is 1. The van der Waals surface area contributed by atoms with Gasteiger partial charge >= 0.3 is 5.97 Å². The second kappa shape index (κ2) is 6.91. The zero-order valence-electron chi connectivity index (χ0n) is 10.5. The Morgan fingerprint density at radius 1 is 1.35 bits per heavy atom. The van der Waals surface area contributed by atoms with Crippen LogP contribution in [-0.4, -0.2) is 25.7 Å². The first-order chi connectivity index (χ1) is 8.17. The number of rotatable bonds is 6. The van der Waals surface area contributed by atoms with Gasteiger partial charge in [0.25, 0.3) is 0 Å². The number of benzene rings is 1. The monoisotopic (exact) mass is 237 g/mol. The van der Waals surface area contributed by atoms with Crippen LogP contribution in [0.25, 0.3) is 0 Å². The van der Waals surface area contributed by atoms with Crippen molar-refractivity contribution in [3.8, 4) is 5.75 Å². The fourth-order valence-corrected chi connectivity index (χ4v) is 1.36. The third kappa shape index (κ3) is 4.44. The number of hydrogen-bond acceptors (Lipinski definition) is 4. The molecule has 0 saturated carbocycles. The van der Waals surface area contributed by atoms with E-state index in [-0.39, 0.29) is 12.0 Å². The van der Waals surface area contributed by atoms with Crippen molar-refractivity contribution in [1.82, 2.24) is 5.32 Å². The van der Waals surface area contributed by atoms with Crippen LogP contribution in [0.4, 0.5) is 0 Å². The summed E-state index contributed by atoms with van der Waals surface area (Å²) in [5.41, 5.74) is 1.10. The molecule has 1 rings (SSSR count). The van der Waals surface area contributed by atoms with Gasteiger partial charge in [-0.05, 0) is 31.5 Å². The Bertz CT molecular complexity index is 348. The van der Waals surface area contributed by atoms with Crippen molar-refractivity contribution in [2.75, 3.05) is 13.7 Å². The summed E-state index contributed by atoms with van der Waals surface area (Å²) in [5, 5.41) is 3.11. The molecule has 0 amide bonds. The van der Waals surface area contributed by atoms with Crippen LogP contribution in [0.5, 0.6) is 5.75 Å². The molecule has 94 valence electrons. The lowest BCUT2D eigenvalue weighted by Crippen LogP contribution is -2.34. The maximum absolute atomic E-state index is 11.4. The maximum Gasteiger partial charge on any atom is 0.322 e. The fraction of sp³-hybridized carbons (Fsp3) is 0.462. The maximum atomic E-state index is 11.4. The summed E-state index contributed by atoms with van der Waals surface area (Å²) in [6.45, 7) is 4.63. The topological polar surface area (TPSA) is 47.6 Å². The van der Waals surface area contributed by atoms with E-state index < -0.39 is 0 Å². The van der Waals surface area contributed by atoms with Crippen molar-refractivity contribution < 1.29 is 14.3 Å². The molecule has 0 bridgehead atoms. The summed E-state index contributed by atoms with van der Waals surface area (Å²) in [7, 11) is 1.64. The number of carbonyl (C=O) groups is 1. The Kier molecular flexibility index (Phi) is 5.49. The average molecular weight is 237 g/mol. The Balaban J connectivity index is 2.41. The van der Waals surface area contributed by atoms with Crippen molar-refractivity contribution in [3.05, 3.63) is 29.8 Å². The van der Waals surface area contributed by atoms with Gasteiger partial charge in [-0.25, -0.2) is 0 Å². The number of carbonyl (C=O) groups excluding carboxylic acids is 1. The van der Waals surface area contributed by atoms with Gasteiger partial charge in [0, 0.05) is 6.54 Å². The largest absolute Gasteiger partial charge is 0.497 e. The van der Waals surface area contributed by atoms with Gasteiger partial charge in [0.2, 0.25) is 0 Å². The summed E-state index contributed by atoms with van der Waals surface area (Å²) < 4.78 is 9.98. The second-order valence-electron chi connectivity index (χ2n) is 3.70. The molecule has 1 aromatic carbocycles. The minimum absolute atomic E-state index is 0.221. The molecule has 0 heterocycles. The standard InChI is InChI=1S/C13H19NO3/c1-4-17-13(15)10(2)14-9-11-5-7-12(16-3)8-6-11/h5-8,10,14H,4,9H2,1-3H3/t10-/m0/s1. The van der Waals surface area contributed by atoms with Gasteiger partial charge in [0.1, 0.15) is 11.8 Å². The molecule has 1 N–H and O–H groups in total. The molecular formula is C13H19NO3. The van der Waals surface area contributed by atoms with Crippen molar-refractivity contribution in [2.45, 2.75) is 26.4 Å². The van der Waals surface area contributed by atoms with E-state index in [1.807, 2.05) is 24.3 Å². The Morgan fingerprint density at radius 2 is 2.00 bits per heavy atom. The molecule has 1 aromatic rings. The Hall–Kier alpha value is -1.55. The lowest BCUT2D eigenvalue weighted by Gasteiger charge is -2.12. The number of hydrogen-bond donors (Lipinski definition) is 1. The molecular weight excluding hydrogens is 218 g/mol. The molecule has 0 fully saturated rings. The molecule has 0 spiro atoms. The lowest BCUT2D eigenvalue weighted by atomic mass is 10.2. The normalized spacial score (nSPS) is 11.9. The first-order valence-electron chi connectivity index (χ1n) is 5.70. The molecule has 0 aliphatic carbocycles. The highest BCUT2D eigenvalue weighted by Crippen LogP contribution is 2.11. The third-order valence-electron chi connectivity index (χ3n) is 2.41. The van der Waals surface area contributed by atoms with Crippen LogP contribution in [0, 0.1) is 0 Å². The van der Waals surface area contributed by atoms with Crippen LogP contribution >= 0.6 is 0 Å². The molecule has 4 heteroatoms. The summed E-state index contributed by atoms with van der Waals surface area (Å²) in [4.78, 5) is 11.4. The predicted molar refractivity (Wildman–Crippen MR) is 65.9 cm³/mol. The number of ether oxygens (including phenoxy) is 2. The first kappa shape index (κ1) is 13.5. The first-order valence-corrected chi connectivity index (χ1v) is 5.70. The van der Waals surface area contributed by atoms with E-state index in [2.05, 4.69) is 5.32 Å². The minimum atomic E-state index is -0.294. The van der Waals surface area contributed by atoms with Crippen molar-refractivity contribution in [2.24, 2.45) is 0 Å². The van der Waals surface area contributed by atoms with Crippen molar-refractivity contribution >= 4 is 5.97 Å². The summed E-state index contributed by atoms with van der Waals surface area (Å²) >= 11 is 0. The molecule has 0 radical (unpaired) electrons. The van der Waals surface area contributed by atoms with E-state index in [0.29, 0.717) is 13.2 Å². The van der Waals surface area contributed by atoms with Crippen LogP contribution in [0.15, 0.2) is 24.3 Å². The van der Waals surface area contributed by atoms with Crippen LogP contribution in [0.2, 0.25) is 0 Å². The van der Waals surface area contributed by atoms with Crippen molar-refractivity contribution in [3.63, 3.8) is 0 Å². The molecule has 0 unspecified atom stereocenters. The summed E-state index contributed by atoms with van der Waals surface area (Å²) in [6.07, 6.45) is 0. The molecule has 4 nitrogen and oxygen atoms in total. The van der Waals surface area contributed by atoms with Gasteiger partial charge in [-0.3, -0.25) is 4.79 Å². The predicted octanol–water partition coefficient (Wildman–Crippen LogP) is 1.74. The zero-order valence-corrected chi connectivity index (χ0v) is 10.5. The van der Waals surface area contributed by atoms with E-state index >= 15 is 0 Å². The van der Waals surface area contributed by atoms with Crippen LogP contribution in [0.3, 0.4) is 0 Å². The Labute approximate surface area is 102 Å². The lowest BCUT2D eigenvalue weighted by molar-refractivity contribution is -0.145. The van der Waals surface area contributed by atoms with Crippen LogP contribution < -0.4 is 10.1 Å². The Morgan fingerprint density at radius 3 is 2.53 bits per heavy atom. The number of esters is 1. The molecule has 1 atom stereocenters. The van der Waals surface area contributed by atoms with Crippen molar-refractivity contribution in [1.29, 1.82) is 0 Å². The number of nitrogens with one attached hydrogen (secondary N) is 1. The zero-order chi connectivity index (χ0) is 12.7. The highest BCUT2D eigenvalue weighted by molar-refractivity contribution is 5.75. The van der Waals surface area contributed by atoms with Gasteiger partial charge in [-0.15, -0.1) is 0 Å². The van der Waals surface area contributed by atoms with Gasteiger partial charge in [0.05, 0.1) is 13.7 Å². The summed E-state index contributed by atoms with van der Waals surface area (Å²) in [5.74, 6) is 0.605. The minimum Gasteiger partial charge on any atom is -0.497 e. The third-order valence-corrected chi connectivity index (χ3v) is 2.41. The van der Waals surface area contributed by atoms with E-state index in [0.717, 1.165) is 11.3 Å². The van der Waals surface area contributed by atoms with Gasteiger partial charge in [-0.1, -0.05) is 12.1 Å². The van der Waals surface area contributed by atoms with Crippen LogP contribution in [-0.2, 0) is 16.1 Å². The van der Waals surface area contributed by atoms with Gasteiger partial charge < -0.3 is 14.8 Å². The highest BCUT2D eigenvalue weighted by Gasteiger charge is 2.12. The van der Waals surface area contributed by atoms with E-state index in [4.69, 9.17) is 9.47 Å². The second-order valence-corrected chi connectivity index (χ2v) is 3.70. The molecule has 0 saturated heterocycles. The molecule has 0 aromatic heterocycles. The van der Waals surface area contributed by atoms with E-state index in [1.54, 1.807) is 21.0 Å². The summed E-state index contributed by atoms with van der Waals surface area (Å²) in [6, 6.07) is 7.42. The quantitative estimate of drug-likeness (QED) is 0.765. The van der Waals surface area contributed by atoms with E-state index in [1.165, 1.54) is 0 Å². The fourth-order valence-electron chi connectivity index (χ4n) is 1.36. The van der Waals surface area contributed by atoms with Gasteiger partial charge in [0.15, 0.2) is 0 Å². The van der Waals surface area contributed by atoms with E-state index in [9.17, 15) is 4.79 Å². The molecule has 0 aliphatic rings. The van der Waals surface area contributed by atoms with Crippen LogP contribution in [0.1, 0.15) is 19.4 Å². The highest BCUT2D eigenvalue weighted by atomic mass is 16.5. The SMILES string of the molecule is CCOC(=O)[C@H](C)NCc1ccc(OC)cc1. The molecule has 0 aliphatic heterocycles. The average Bonchev–Trinajstić information content (AvgIpc) is 2.36. The van der Waals surface area contributed by atoms with Gasteiger partial charge in [-0.2, -0.15) is 0 Å². The molecule has 17 heavy (non-hydrogen) atoms. The smallest absolute Gasteiger partial charge is 0.322 e.